The summed E-state index contributed by atoms with van der Waals surface area (Å²) >= 11 is 0. The first-order valence-electron chi connectivity index (χ1n) is 5.83. The Morgan fingerprint density at radius 3 is 2.67 bits per heavy atom. The van der Waals surface area contributed by atoms with Gasteiger partial charge in [-0.15, -0.1) is 0 Å². The van der Waals surface area contributed by atoms with E-state index in [4.69, 9.17) is 0 Å². The Morgan fingerprint density at radius 1 is 1.28 bits per heavy atom. The summed E-state index contributed by atoms with van der Waals surface area (Å²) in [5.74, 6) is -0.212. The van der Waals surface area contributed by atoms with Crippen LogP contribution in [0.4, 0.5) is 4.79 Å². The minimum atomic E-state index is -0.351. The van der Waals surface area contributed by atoms with Gasteiger partial charge in [-0.3, -0.25) is 14.5 Å². The van der Waals surface area contributed by atoms with Crippen LogP contribution in [0.15, 0.2) is 23.1 Å². The predicted molar refractivity (Wildman–Crippen MR) is 65.2 cm³/mol. The second-order valence-corrected chi connectivity index (χ2v) is 4.29. The van der Waals surface area contributed by atoms with E-state index in [1.165, 1.54) is 4.90 Å². The maximum atomic E-state index is 11.6. The minimum Gasteiger partial charge on any atom is -0.329 e. The van der Waals surface area contributed by atoms with Crippen LogP contribution >= 0.6 is 0 Å². The van der Waals surface area contributed by atoms with Gasteiger partial charge in [0, 0.05) is 25.4 Å². The molecule has 0 spiro atoms. The summed E-state index contributed by atoms with van der Waals surface area (Å²) in [7, 11) is 0. The van der Waals surface area contributed by atoms with Crippen LogP contribution in [0.2, 0.25) is 0 Å². The zero-order chi connectivity index (χ0) is 13.1. The molecule has 6 heteroatoms. The third-order valence-electron chi connectivity index (χ3n) is 2.87. The average Bonchev–Trinajstić information content (AvgIpc) is 2.63. The van der Waals surface area contributed by atoms with E-state index in [0.29, 0.717) is 19.5 Å². The standard InChI is InChI=1S/C12H15N3O3/c1-9-3-6-14(10(16)7-9)4-2-5-15-11(17)8-13-12(15)18/h3,6-7H,2,4-5,8H2,1H3,(H,13,18). The highest BCUT2D eigenvalue weighted by atomic mass is 16.2. The first kappa shape index (κ1) is 12.3. The smallest absolute Gasteiger partial charge is 0.324 e. The van der Waals surface area contributed by atoms with Crippen LogP contribution in [-0.4, -0.2) is 34.5 Å². The topological polar surface area (TPSA) is 71.4 Å². The maximum Gasteiger partial charge on any atom is 0.324 e. The van der Waals surface area contributed by atoms with Crippen molar-refractivity contribution in [2.45, 2.75) is 19.9 Å². The Kier molecular flexibility index (Phi) is 3.45. The highest BCUT2D eigenvalue weighted by Crippen LogP contribution is 2.01. The Balaban J connectivity index is 1.90. The van der Waals surface area contributed by atoms with Gasteiger partial charge in [0.15, 0.2) is 0 Å². The summed E-state index contributed by atoms with van der Waals surface area (Å²) in [4.78, 5) is 35.4. The molecule has 1 aromatic rings. The number of urea groups is 1. The third-order valence-corrected chi connectivity index (χ3v) is 2.87. The van der Waals surface area contributed by atoms with E-state index < -0.39 is 0 Å². The molecule has 18 heavy (non-hydrogen) atoms. The van der Waals surface area contributed by atoms with E-state index >= 15 is 0 Å². The minimum absolute atomic E-state index is 0.0628. The van der Waals surface area contributed by atoms with Gasteiger partial charge in [-0.05, 0) is 25.0 Å². The lowest BCUT2D eigenvalue weighted by molar-refractivity contribution is -0.125. The molecular formula is C12H15N3O3. The Labute approximate surface area is 104 Å². The SMILES string of the molecule is Cc1ccn(CCCN2C(=O)CNC2=O)c(=O)c1. The molecule has 0 bridgehead atoms. The summed E-state index contributed by atoms with van der Waals surface area (Å²) < 4.78 is 1.57. The molecule has 2 heterocycles. The number of hydrogen-bond acceptors (Lipinski definition) is 3. The van der Waals surface area contributed by atoms with Gasteiger partial charge in [0.25, 0.3) is 5.56 Å². The third kappa shape index (κ3) is 2.58. The van der Waals surface area contributed by atoms with Crippen molar-refractivity contribution < 1.29 is 9.59 Å². The molecule has 6 nitrogen and oxygen atoms in total. The second-order valence-electron chi connectivity index (χ2n) is 4.29. The van der Waals surface area contributed by atoms with Crippen molar-refractivity contribution in [3.63, 3.8) is 0 Å². The molecule has 1 aliphatic rings. The lowest BCUT2D eigenvalue weighted by atomic mass is 10.3. The number of nitrogens with one attached hydrogen (secondary N) is 1. The van der Waals surface area contributed by atoms with E-state index in [2.05, 4.69) is 5.32 Å². The largest absolute Gasteiger partial charge is 0.329 e. The molecule has 1 N–H and O–H groups in total. The quantitative estimate of drug-likeness (QED) is 0.769. The number of imide groups is 1. The molecule has 0 aliphatic carbocycles. The van der Waals surface area contributed by atoms with E-state index in [1.807, 2.05) is 13.0 Å². The molecular weight excluding hydrogens is 234 g/mol. The highest BCUT2D eigenvalue weighted by Gasteiger charge is 2.27. The molecule has 0 radical (unpaired) electrons. The first-order valence-corrected chi connectivity index (χ1v) is 5.83. The van der Waals surface area contributed by atoms with Crippen molar-refractivity contribution in [1.82, 2.24) is 14.8 Å². The fourth-order valence-corrected chi connectivity index (χ4v) is 1.87. The van der Waals surface area contributed by atoms with Crippen LogP contribution < -0.4 is 10.9 Å². The van der Waals surface area contributed by atoms with Crippen molar-refractivity contribution >= 4 is 11.9 Å². The normalized spacial score (nSPS) is 15.1. The number of hydrogen-bond donors (Lipinski definition) is 1. The van der Waals surface area contributed by atoms with Gasteiger partial charge in [-0.25, -0.2) is 4.79 Å². The molecule has 1 aromatic heterocycles. The molecule has 0 atom stereocenters. The zero-order valence-corrected chi connectivity index (χ0v) is 10.2. The van der Waals surface area contributed by atoms with Crippen molar-refractivity contribution in [3.8, 4) is 0 Å². The Hall–Kier alpha value is -2.11. The summed E-state index contributed by atoms with van der Waals surface area (Å²) in [5, 5.41) is 2.46. The highest BCUT2D eigenvalue weighted by molar-refractivity contribution is 6.01. The van der Waals surface area contributed by atoms with E-state index in [1.54, 1.807) is 16.8 Å². The van der Waals surface area contributed by atoms with Crippen LogP contribution in [0, 0.1) is 6.92 Å². The molecule has 1 aliphatic heterocycles. The Bertz CT molecular complexity index is 520. The number of carbonyl (C=O) groups excluding carboxylic acids is 2. The molecule has 1 saturated heterocycles. The fraction of sp³-hybridized carbons (Fsp3) is 0.417. The number of aryl methyl sites for hydroxylation is 2. The second kappa shape index (κ2) is 5.03. The van der Waals surface area contributed by atoms with Gasteiger partial charge < -0.3 is 9.88 Å². The molecule has 0 saturated carbocycles. The van der Waals surface area contributed by atoms with Crippen molar-refractivity contribution in [3.05, 3.63) is 34.2 Å². The number of nitrogens with zero attached hydrogens (tertiary/aromatic N) is 2. The fourth-order valence-electron chi connectivity index (χ4n) is 1.87. The molecule has 96 valence electrons. The van der Waals surface area contributed by atoms with Gasteiger partial charge in [0.2, 0.25) is 5.91 Å². The van der Waals surface area contributed by atoms with E-state index in [9.17, 15) is 14.4 Å². The van der Waals surface area contributed by atoms with Gasteiger partial charge in [0.05, 0.1) is 6.54 Å². The molecule has 0 aromatic carbocycles. The van der Waals surface area contributed by atoms with Crippen molar-refractivity contribution in [2.24, 2.45) is 0 Å². The predicted octanol–water partition coefficient (Wildman–Crippen LogP) is 0.0986. The monoisotopic (exact) mass is 249 g/mol. The van der Waals surface area contributed by atoms with Gasteiger partial charge in [-0.2, -0.15) is 0 Å². The summed E-state index contributed by atoms with van der Waals surface area (Å²) in [6.45, 7) is 2.77. The van der Waals surface area contributed by atoms with Crippen LogP contribution in [-0.2, 0) is 11.3 Å². The van der Waals surface area contributed by atoms with Crippen molar-refractivity contribution in [2.75, 3.05) is 13.1 Å². The van der Waals surface area contributed by atoms with Crippen molar-refractivity contribution in [1.29, 1.82) is 0 Å². The average molecular weight is 249 g/mol. The molecule has 0 unspecified atom stereocenters. The van der Waals surface area contributed by atoms with E-state index in [0.717, 1.165) is 5.56 Å². The molecule has 1 fully saturated rings. The maximum absolute atomic E-state index is 11.6. The van der Waals surface area contributed by atoms with Gasteiger partial charge in [0.1, 0.15) is 0 Å². The number of amides is 3. The number of pyridine rings is 1. The lowest BCUT2D eigenvalue weighted by Gasteiger charge is -2.12. The Morgan fingerprint density at radius 2 is 2.06 bits per heavy atom. The van der Waals surface area contributed by atoms with Crippen LogP contribution in [0.3, 0.4) is 0 Å². The van der Waals surface area contributed by atoms with Gasteiger partial charge >= 0.3 is 6.03 Å². The van der Waals surface area contributed by atoms with E-state index in [-0.39, 0.29) is 24.0 Å². The van der Waals surface area contributed by atoms with Crippen LogP contribution in [0.5, 0.6) is 0 Å². The lowest BCUT2D eigenvalue weighted by Crippen LogP contribution is -2.33. The summed E-state index contributed by atoms with van der Waals surface area (Å²) in [5.41, 5.74) is 0.859. The number of carbonyl (C=O) groups is 2. The number of rotatable bonds is 4. The summed E-state index contributed by atoms with van der Waals surface area (Å²) in [6.07, 6.45) is 2.30. The zero-order valence-electron chi connectivity index (χ0n) is 10.2. The molecule has 2 rings (SSSR count). The summed E-state index contributed by atoms with van der Waals surface area (Å²) in [6, 6.07) is 3.07. The van der Waals surface area contributed by atoms with Gasteiger partial charge in [-0.1, -0.05) is 0 Å². The molecule has 3 amide bonds. The van der Waals surface area contributed by atoms with Crippen LogP contribution in [0.1, 0.15) is 12.0 Å². The number of aromatic nitrogens is 1. The first-order chi connectivity index (χ1) is 8.58. The van der Waals surface area contributed by atoms with Crippen LogP contribution in [0.25, 0.3) is 0 Å².